The maximum atomic E-state index is 6.17. The van der Waals surface area contributed by atoms with Gasteiger partial charge < -0.3 is 9.32 Å². The van der Waals surface area contributed by atoms with E-state index in [1.807, 2.05) is 6.07 Å². The van der Waals surface area contributed by atoms with Gasteiger partial charge in [-0.3, -0.25) is 0 Å². The van der Waals surface area contributed by atoms with Gasteiger partial charge in [0.1, 0.15) is 11.2 Å². The summed E-state index contributed by atoms with van der Waals surface area (Å²) in [5.74, 6) is 3.37. The second kappa shape index (κ2) is 10.9. The Labute approximate surface area is 322 Å². The molecule has 0 aliphatic heterocycles. The van der Waals surface area contributed by atoms with E-state index >= 15 is 0 Å². The maximum absolute atomic E-state index is 6.17. The number of hydrogen-bond acceptors (Lipinski definition) is 2. The Morgan fingerprint density at radius 3 is 2.09 bits per heavy atom. The van der Waals surface area contributed by atoms with Gasteiger partial charge in [0, 0.05) is 33.1 Å². The lowest BCUT2D eigenvalue weighted by atomic mass is 9.49. The summed E-state index contributed by atoms with van der Waals surface area (Å²) in [6, 6.07) is 61.1. The molecule has 0 saturated heterocycles. The monoisotopic (exact) mass is 707 g/mol. The van der Waals surface area contributed by atoms with Crippen molar-refractivity contribution in [2.24, 2.45) is 29.1 Å². The van der Waals surface area contributed by atoms with Gasteiger partial charge in [0.15, 0.2) is 0 Å². The molecule has 2 nitrogen and oxygen atoms in total. The van der Waals surface area contributed by atoms with Crippen molar-refractivity contribution in [3.05, 3.63) is 175 Å². The van der Waals surface area contributed by atoms with Gasteiger partial charge in [-0.25, -0.2) is 0 Å². The molecule has 0 amide bonds. The molecule has 4 fully saturated rings. The Balaban J connectivity index is 0.988. The standard InChI is InChI=1S/C53H41NO/c1-2-10-35(11-3-1)41-12-5-8-16-48(41)54(39-21-18-34(19-22-39)36-20-25-50-45(28-36)44-14-6-9-17-49(44)55-50)40-23-24-43-42-13-4-7-15-46(42)53(47(43)30-40)38-27-33-26-37-29-51(53)52(37,31-33)32-38/h1-25,28,30,33,37-38,51H,26-27,29,31-32H2. The summed E-state index contributed by atoms with van der Waals surface area (Å²) in [5, 5.41) is 2.32. The Hall–Kier alpha value is -5.86. The molecule has 5 aliphatic rings. The maximum Gasteiger partial charge on any atom is 0.135 e. The lowest BCUT2D eigenvalue weighted by molar-refractivity contribution is -0.0193. The van der Waals surface area contributed by atoms with Gasteiger partial charge in [-0.15, -0.1) is 0 Å². The normalized spacial score (nSPS) is 26.3. The number of furan rings is 1. The first-order chi connectivity index (χ1) is 27.2. The highest BCUT2D eigenvalue weighted by Gasteiger charge is 2.76. The summed E-state index contributed by atoms with van der Waals surface area (Å²) in [6.45, 7) is 0. The summed E-state index contributed by atoms with van der Waals surface area (Å²) in [5.41, 5.74) is 17.2. The zero-order valence-electron chi connectivity index (χ0n) is 30.8. The highest BCUT2D eigenvalue weighted by molar-refractivity contribution is 6.06. The Morgan fingerprint density at radius 1 is 0.473 bits per heavy atom. The van der Waals surface area contributed by atoms with Crippen molar-refractivity contribution in [2.75, 3.05) is 4.90 Å². The zero-order chi connectivity index (χ0) is 35.9. The summed E-state index contributed by atoms with van der Waals surface area (Å²) in [7, 11) is 0. The van der Waals surface area contributed by atoms with Gasteiger partial charge in [0.25, 0.3) is 0 Å². The topological polar surface area (TPSA) is 16.4 Å². The number of nitrogens with zero attached hydrogens (tertiary/aromatic N) is 1. The van der Waals surface area contributed by atoms with Crippen molar-refractivity contribution in [3.8, 4) is 33.4 Å². The van der Waals surface area contributed by atoms with E-state index in [0.717, 1.165) is 51.3 Å². The molecule has 6 atom stereocenters. The van der Waals surface area contributed by atoms with Gasteiger partial charge in [0.2, 0.25) is 0 Å². The van der Waals surface area contributed by atoms with Crippen LogP contribution in [0, 0.1) is 29.1 Å². The Kier molecular flexibility index (Phi) is 6.03. The van der Waals surface area contributed by atoms with Gasteiger partial charge in [-0.1, -0.05) is 115 Å². The Bertz CT molecular complexity index is 2850. The second-order valence-corrected chi connectivity index (χ2v) is 17.4. The van der Waals surface area contributed by atoms with Crippen molar-refractivity contribution in [2.45, 2.75) is 37.5 Å². The van der Waals surface area contributed by atoms with Gasteiger partial charge in [-0.05, 0) is 149 Å². The first-order valence-corrected chi connectivity index (χ1v) is 20.4. The van der Waals surface area contributed by atoms with Gasteiger partial charge in [0.05, 0.1) is 5.69 Å². The predicted molar refractivity (Wildman–Crippen MR) is 225 cm³/mol. The molecule has 0 N–H and O–H groups in total. The number of rotatable bonds is 5. The minimum Gasteiger partial charge on any atom is -0.456 e. The zero-order valence-corrected chi connectivity index (χ0v) is 30.8. The number of hydrogen-bond donors (Lipinski definition) is 0. The molecule has 6 unspecified atom stereocenters. The fourth-order valence-electron chi connectivity index (χ4n) is 13.3. The third-order valence-corrected chi connectivity index (χ3v) is 15.2. The molecule has 7 aromatic carbocycles. The van der Waals surface area contributed by atoms with Crippen LogP contribution in [0.1, 0.15) is 43.2 Å². The molecule has 264 valence electrons. The molecule has 2 spiro atoms. The van der Waals surface area contributed by atoms with Crippen LogP contribution < -0.4 is 4.90 Å². The van der Waals surface area contributed by atoms with Crippen LogP contribution in [-0.2, 0) is 5.41 Å². The van der Waals surface area contributed by atoms with E-state index in [4.69, 9.17) is 4.42 Å². The van der Waals surface area contributed by atoms with Crippen LogP contribution in [0.25, 0.3) is 55.3 Å². The Morgan fingerprint density at radius 2 is 1.18 bits per heavy atom. The second-order valence-electron chi connectivity index (χ2n) is 17.4. The fraction of sp³-hybridized carbons (Fsp3) is 0.208. The lowest BCUT2D eigenvalue weighted by Crippen LogP contribution is -2.50. The molecule has 55 heavy (non-hydrogen) atoms. The first kappa shape index (κ1) is 30.5. The molecule has 0 radical (unpaired) electrons. The van der Waals surface area contributed by atoms with Crippen LogP contribution in [0.3, 0.4) is 0 Å². The molecule has 3 bridgehead atoms. The summed E-state index contributed by atoms with van der Waals surface area (Å²) in [6.07, 6.45) is 7.20. The van der Waals surface area contributed by atoms with E-state index < -0.39 is 0 Å². The van der Waals surface area contributed by atoms with Gasteiger partial charge in [-0.2, -0.15) is 0 Å². The molecule has 1 aromatic heterocycles. The number of fused-ring (bicyclic) bond motifs is 12. The SMILES string of the molecule is c1ccc(-c2ccccc2N(c2ccc(-c3ccc4oc5ccccc5c4c3)cc2)c2ccc3c(c2)C2(c4ccccc4-3)C3CC4CC5CC2C5(C4)C3)cc1. The molecule has 4 saturated carbocycles. The molecule has 13 rings (SSSR count). The number of anilines is 3. The first-order valence-electron chi connectivity index (χ1n) is 20.4. The highest BCUT2D eigenvalue weighted by atomic mass is 16.3. The molecule has 8 aromatic rings. The summed E-state index contributed by atoms with van der Waals surface area (Å²) in [4.78, 5) is 2.53. The molecule has 5 aliphatic carbocycles. The third kappa shape index (κ3) is 3.95. The average Bonchev–Trinajstić information content (AvgIpc) is 3.86. The van der Waals surface area contributed by atoms with Crippen LogP contribution in [0.2, 0.25) is 0 Å². The van der Waals surface area contributed by atoms with Crippen molar-refractivity contribution >= 4 is 39.0 Å². The van der Waals surface area contributed by atoms with Gasteiger partial charge >= 0.3 is 0 Å². The van der Waals surface area contributed by atoms with E-state index in [1.54, 1.807) is 11.1 Å². The minimum absolute atomic E-state index is 0.123. The summed E-state index contributed by atoms with van der Waals surface area (Å²) < 4.78 is 6.17. The highest BCUT2D eigenvalue weighted by Crippen LogP contribution is 2.83. The van der Waals surface area contributed by atoms with Crippen LogP contribution in [0.15, 0.2) is 168 Å². The molecule has 1 heterocycles. The molecular weight excluding hydrogens is 667 g/mol. The van der Waals surface area contributed by atoms with Crippen LogP contribution >= 0.6 is 0 Å². The molecular formula is C53H41NO. The smallest absolute Gasteiger partial charge is 0.135 e. The van der Waals surface area contributed by atoms with Crippen molar-refractivity contribution in [1.29, 1.82) is 0 Å². The lowest BCUT2D eigenvalue weighted by Gasteiger charge is -2.54. The van der Waals surface area contributed by atoms with E-state index in [9.17, 15) is 0 Å². The van der Waals surface area contributed by atoms with E-state index in [-0.39, 0.29) is 5.41 Å². The van der Waals surface area contributed by atoms with E-state index in [0.29, 0.717) is 5.41 Å². The molecule has 2 heteroatoms. The quantitative estimate of drug-likeness (QED) is 0.177. The van der Waals surface area contributed by atoms with Crippen LogP contribution in [-0.4, -0.2) is 0 Å². The minimum atomic E-state index is 0.123. The predicted octanol–water partition coefficient (Wildman–Crippen LogP) is 14.1. The van der Waals surface area contributed by atoms with Crippen molar-refractivity contribution < 1.29 is 4.42 Å². The fourth-order valence-corrected chi connectivity index (χ4v) is 13.3. The average molecular weight is 708 g/mol. The van der Waals surface area contributed by atoms with E-state index in [2.05, 4.69) is 163 Å². The summed E-state index contributed by atoms with van der Waals surface area (Å²) >= 11 is 0. The number of para-hydroxylation sites is 2. The van der Waals surface area contributed by atoms with Crippen LogP contribution in [0.5, 0.6) is 0 Å². The number of benzene rings is 7. The van der Waals surface area contributed by atoms with E-state index in [1.165, 1.54) is 76.9 Å². The van der Waals surface area contributed by atoms with Crippen molar-refractivity contribution in [3.63, 3.8) is 0 Å². The third-order valence-electron chi connectivity index (χ3n) is 15.2. The largest absolute Gasteiger partial charge is 0.456 e. The van der Waals surface area contributed by atoms with Crippen molar-refractivity contribution in [1.82, 2.24) is 0 Å². The van der Waals surface area contributed by atoms with Crippen LogP contribution in [0.4, 0.5) is 17.1 Å².